The lowest BCUT2D eigenvalue weighted by Gasteiger charge is -2.18. The maximum atomic E-state index is 12.9. The number of aromatic nitrogens is 3. The minimum Gasteiger partial charge on any atom is -0.383 e. The van der Waals surface area contributed by atoms with Gasteiger partial charge in [0.05, 0.1) is 24.9 Å². The molecule has 0 saturated carbocycles. The predicted molar refractivity (Wildman–Crippen MR) is 129 cm³/mol. The number of methoxy groups -OCH3 is 1. The van der Waals surface area contributed by atoms with E-state index in [-0.39, 0.29) is 17.7 Å². The number of benzene rings is 2. The minimum absolute atomic E-state index is 0.0557. The van der Waals surface area contributed by atoms with Gasteiger partial charge >= 0.3 is 0 Å². The van der Waals surface area contributed by atoms with Gasteiger partial charge in [0.2, 0.25) is 5.91 Å². The normalized spacial score (nSPS) is 11.9. The van der Waals surface area contributed by atoms with Crippen molar-refractivity contribution >= 4 is 29.0 Å². The quantitative estimate of drug-likeness (QED) is 0.346. The monoisotopic (exact) mass is 464 g/mol. The van der Waals surface area contributed by atoms with Gasteiger partial charge < -0.3 is 10.1 Å². The first-order valence-corrected chi connectivity index (χ1v) is 12.1. The Morgan fingerprint density at radius 3 is 2.50 bits per heavy atom. The zero-order valence-electron chi connectivity index (χ0n) is 17.7. The molecule has 2 heterocycles. The van der Waals surface area contributed by atoms with Crippen molar-refractivity contribution in [2.45, 2.75) is 17.7 Å². The number of thioether (sulfide) groups is 1. The molecule has 2 aromatic heterocycles. The topological polar surface area (TPSA) is 69.0 Å². The van der Waals surface area contributed by atoms with Gasteiger partial charge in [-0.05, 0) is 17.0 Å². The van der Waals surface area contributed by atoms with Crippen molar-refractivity contribution in [3.63, 3.8) is 0 Å². The number of carbonyl (C=O) groups is 1. The Balaban J connectivity index is 1.48. The van der Waals surface area contributed by atoms with Crippen LogP contribution < -0.4 is 5.32 Å². The lowest BCUT2D eigenvalue weighted by atomic mass is 10.1. The minimum atomic E-state index is -0.171. The molecule has 32 heavy (non-hydrogen) atoms. The zero-order chi connectivity index (χ0) is 22.2. The first-order chi connectivity index (χ1) is 15.8. The third-order valence-corrected chi connectivity index (χ3v) is 6.77. The van der Waals surface area contributed by atoms with E-state index >= 15 is 0 Å². The van der Waals surface area contributed by atoms with Crippen LogP contribution in [0.25, 0.3) is 11.4 Å². The average molecular weight is 465 g/mol. The molecule has 1 N–H and O–H groups in total. The molecule has 1 amide bonds. The number of nitrogens with one attached hydrogen (secondary N) is 1. The van der Waals surface area contributed by atoms with E-state index in [1.807, 2.05) is 82.7 Å². The van der Waals surface area contributed by atoms with Gasteiger partial charge in [0.25, 0.3) is 0 Å². The number of thiophene rings is 1. The second-order valence-electron chi connectivity index (χ2n) is 7.03. The molecule has 0 aliphatic carbocycles. The Morgan fingerprint density at radius 2 is 1.81 bits per heavy atom. The maximum absolute atomic E-state index is 12.9. The summed E-state index contributed by atoms with van der Waals surface area (Å²) < 4.78 is 7.27. The van der Waals surface area contributed by atoms with Gasteiger partial charge in [-0.1, -0.05) is 78.5 Å². The van der Waals surface area contributed by atoms with Crippen molar-refractivity contribution in [3.05, 3.63) is 88.6 Å². The van der Waals surface area contributed by atoms with E-state index in [9.17, 15) is 4.79 Å². The van der Waals surface area contributed by atoms with Gasteiger partial charge in [-0.3, -0.25) is 9.36 Å². The van der Waals surface area contributed by atoms with Crippen LogP contribution in [0.15, 0.2) is 83.3 Å². The number of carbonyl (C=O) groups excluding carboxylic acids is 1. The van der Waals surface area contributed by atoms with Crippen molar-refractivity contribution < 1.29 is 9.53 Å². The van der Waals surface area contributed by atoms with Crippen LogP contribution in [0.4, 0.5) is 0 Å². The molecule has 2 aromatic carbocycles. The molecule has 4 aromatic rings. The van der Waals surface area contributed by atoms with Crippen LogP contribution in [-0.2, 0) is 16.1 Å². The first-order valence-electron chi connectivity index (χ1n) is 10.2. The molecular formula is C24H24N4O2S2. The molecule has 0 bridgehead atoms. The Bertz CT molecular complexity index is 1120. The molecule has 4 rings (SSSR count). The fourth-order valence-electron chi connectivity index (χ4n) is 3.33. The third-order valence-electron chi connectivity index (χ3n) is 4.87. The van der Waals surface area contributed by atoms with Crippen LogP contribution in [-0.4, -0.2) is 40.1 Å². The molecule has 6 nitrogen and oxygen atoms in total. The molecule has 0 fully saturated rings. The van der Waals surface area contributed by atoms with Crippen LogP contribution in [0.2, 0.25) is 0 Å². The number of rotatable bonds is 10. The summed E-state index contributed by atoms with van der Waals surface area (Å²) in [5, 5.41) is 14.6. The molecular weight excluding hydrogens is 440 g/mol. The van der Waals surface area contributed by atoms with Gasteiger partial charge in [0, 0.05) is 17.6 Å². The van der Waals surface area contributed by atoms with Gasteiger partial charge in [-0.15, -0.1) is 21.5 Å². The molecule has 0 spiro atoms. The molecule has 0 saturated heterocycles. The number of hydrogen-bond donors (Lipinski definition) is 1. The van der Waals surface area contributed by atoms with Crippen molar-refractivity contribution in [3.8, 4) is 11.4 Å². The van der Waals surface area contributed by atoms with Crippen molar-refractivity contribution in [2.24, 2.45) is 0 Å². The van der Waals surface area contributed by atoms with Gasteiger partial charge in [-0.2, -0.15) is 0 Å². The van der Waals surface area contributed by atoms with Crippen LogP contribution in [0.1, 0.15) is 16.5 Å². The third kappa shape index (κ3) is 5.45. The summed E-state index contributed by atoms with van der Waals surface area (Å²) in [5.74, 6) is 0.959. The van der Waals surface area contributed by atoms with E-state index in [0.29, 0.717) is 18.3 Å². The highest BCUT2D eigenvalue weighted by Gasteiger charge is 2.20. The van der Waals surface area contributed by atoms with Gasteiger partial charge in [0.1, 0.15) is 0 Å². The fourth-order valence-corrected chi connectivity index (χ4v) is 4.91. The average Bonchev–Trinajstić information content (AvgIpc) is 3.51. The number of nitrogens with zero attached hydrogens (tertiary/aromatic N) is 3. The second kappa shape index (κ2) is 11.1. The molecule has 164 valence electrons. The lowest BCUT2D eigenvalue weighted by molar-refractivity contribution is -0.119. The van der Waals surface area contributed by atoms with Crippen molar-refractivity contribution in [1.82, 2.24) is 20.1 Å². The standard InChI is InChI=1S/C24H24N4O2S2/c1-30-15-14-28-23(19-11-6-3-7-12-19)26-27-24(28)32-17-21(29)25-22(20-13-8-16-31-20)18-9-4-2-5-10-18/h2-13,16,22H,14-15,17H2,1H3,(H,25,29)/t22-/m0/s1. The van der Waals surface area contributed by atoms with E-state index in [1.165, 1.54) is 11.8 Å². The largest absolute Gasteiger partial charge is 0.383 e. The molecule has 1 atom stereocenters. The highest BCUT2D eigenvalue weighted by molar-refractivity contribution is 7.99. The van der Waals surface area contributed by atoms with Crippen LogP contribution >= 0.6 is 23.1 Å². The smallest absolute Gasteiger partial charge is 0.231 e. The van der Waals surface area contributed by atoms with Gasteiger partial charge in [0.15, 0.2) is 11.0 Å². The van der Waals surface area contributed by atoms with Crippen LogP contribution in [0, 0.1) is 0 Å². The Hall–Kier alpha value is -2.94. The van der Waals surface area contributed by atoms with E-state index in [0.717, 1.165) is 21.8 Å². The predicted octanol–water partition coefficient (Wildman–Crippen LogP) is 4.65. The molecule has 0 aliphatic rings. The number of hydrogen-bond acceptors (Lipinski definition) is 6. The van der Waals surface area contributed by atoms with Gasteiger partial charge in [-0.25, -0.2) is 0 Å². The van der Waals surface area contributed by atoms with E-state index in [1.54, 1.807) is 18.4 Å². The summed E-state index contributed by atoms with van der Waals surface area (Å²) in [5.41, 5.74) is 2.04. The zero-order valence-corrected chi connectivity index (χ0v) is 19.3. The first kappa shape index (κ1) is 22.3. The second-order valence-corrected chi connectivity index (χ2v) is 8.95. The molecule has 8 heteroatoms. The fraction of sp³-hybridized carbons (Fsp3) is 0.208. The highest BCUT2D eigenvalue weighted by atomic mass is 32.2. The maximum Gasteiger partial charge on any atom is 0.231 e. The van der Waals surface area contributed by atoms with Crippen LogP contribution in [0.5, 0.6) is 0 Å². The number of ether oxygens (including phenoxy) is 1. The molecule has 0 unspecified atom stereocenters. The number of amides is 1. The Morgan fingerprint density at radius 1 is 1.06 bits per heavy atom. The summed E-state index contributed by atoms with van der Waals surface area (Å²) in [6.07, 6.45) is 0. The van der Waals surface area contributed by atoms with Crippen molar-refractivity contribution in [1.29, 1.82) is 0 Å². The SMILES string of the molecule is COCCn1c(SCC(=O)N[C@@H](c2ccccc2)c2cccs2)nnc1-c1ccccc1. The Kier molecular flexibility index (Phi) is 7.71. The highest BCUT2D eigenvalue weighted by Crippen LogP contribution is 2.27. The summed E-state index contributed by atoms with van der Waals surface area (Å²) in [4.78, 5) is 14.0. The summed E-state index contributed by atoms with van der Waals surface area (Å²) in [7, 11) is 1.67. The summed E-state index contributed by atoms with van der Waals surface area (Å²) >= 11 is 3.01. The van der Waals surface area contributed by atoms with Crippen molar-refractivity contribution in [2.75, 3.05) is 19.5 Å². The molecule has 0 aliphatic heterocycles. The Labute approximate surface area is 195 Å². The van der Waals surface area contributed by atoms with E-state index < -0.39 is 0 Å². The van der Waals surface area contributed by atoms with Crippen LogP contribution in [0.3, 0.4) is 0 Å². The summed E-state index contributed by atoms with van der Waals surface area (Å²) in [6, 6.07) is 23.8. The lowest BCUT2D eigenvalue weighted by Crippen LogP contribution is -2.30. The van der Waals surface area contributed by atoms with E-state index in [2.05, 4.69) is 15.5 Å². The summed E-state index contributed by atoms with van der Waals surface area (Å²) in [6.45, 7) is 1.14. The van der Waals surface area contributed by atoms with E-state index in [4.69, 9.17) is 4.74 Å². The molecule has 0 radical (unpaired) electrons.